The number of aryl methyl sites for hydroxylation is 2. The summed E-state index contributed by atoms with van der Waals surface area (Å²) < 4.78 is 5.14. The van der Waals surface area contributed by atoms with Gasteiger partial charge in [0.25, 0.3) is 0 Å². The summed E-state index contributed by atoms with van der Waals surface area (Å²) in [6.45, 7) is 2.03. The van der Waals surface area contributed by atoms with Gasteiger partial charge in [0, 0.05) is 7.11 Å². The van der Waals surface area contributed by atoms with Crippen molar-refractivity contribution in [3.05, 3.63) is 107 Å². The van der Waals surface area contributed by atoms with Crippen molar-refractivity contribution in [3.63, 3.8) is 0 Å². The zero-order valence-electron chi connectivity index (χ0n) is 19.4. The van der Waals surface area contributed by atoms with E-state index in [1.54, 1.807) is 0 Å². The normalized spacial score (nSPS) is 18.5. The van der Waals surface area contributed by atoms with Crippen molar-refractivity contribution in [2.45, 2.75) is 38.1 Å². The lowest BCUT2D eigenvalue weighted by Gasteiger charge is -2.47. The summed E-state index contributed by atoms with van der Waals surface area (Å²) in [6.07, 6.45) is -0.0485. The van der Waals surface area contributed by atoms with E-state index >= 15 is 0 Å². The number of amides is 3. The molecule has 6 nitrogen and oxygen atoms in total. The number of rotatable bonds is 8. The Balaban J connectivity index is 1.52. The third-order valence-electron chi connectivity index (χ3n) is 6.38. The van der Waals surface area contributed by atoms with E-state index in [4.69, 9.17) is 4.74 Å². The number of nitrogens with one attached hydrogen (secondary N) is 1. The van der Waals surface area contributed by atoms with Gasteiger partial charge >= 0.3 is 6.03 Å². The van der Waals surface area contributed by atoms with Crippen molar-refractivity contribution >= 4 is 11.9 Å². The Bertz CT molecular complexity index is 1080. The molecule has 4 rings (SSSR count). The van der Waals surface area contributed by atoms with Crippen LogP contribution in [0.25, 0.3) is 0 Å². The van der Waals surface area contributed by atoms with Crippen LogP contribution < -0.4 is 5.32 Å². The number of methoxy groups -OCH3 is 1. The first-order valence-corrected chi connectivity index (χ1v) is 11.5. The molecule has 1 saturated heterocycles. The molecule has 3 aromatic carbocycles. The van der Waals surface area contributed by atoms with Crippen molar-refractivity contribution in [2.24, 2.45) is 5.92 Å². The number of benzene rings is 3. The molecule has 3 atom stereocenters. The molecule has 3 aromatic rings. The van der Waals surface area contributed by atoms with E-state index < -0.39 is 30.3 Å². The molecule has 0 aliphatic carbocycles. The topological polar surface area (TPSA) is 78.9 Å². The number of aliphatic hydroxyl groups is 1. The summed E-state index contributed by atoms with van der Waals surface area (Å²) in [5, 5.41) is 13.5. The molecular weight excluding hydrogens is 428 g/mol. The Morgan fingerprint density at radius 3 is 2.18 bits per heavy atom. The molecule has 1 aliphatic heterocycles. The Morgan fingerprint density at radius 2 is 1.62 bits per heavy atom. The quantitative estimate of drug-likeness (QED) is 0.391. The van der Waals surface area contributed by atoms with E-state index in [9.17, 15) is 14.7 Å². The predicted octanol–water partition coefficient (Wildman–Crippen LogP) is 4.22. The maximum Gasteiger partial charge on any atom is 0.325 e. The standard InChI is InChI=1S/C28H30N2O4/c1-19-10-9-11-20(18-19)16-17-23-25(27(32)34-2)30(26(23)31)28(33)29-24(21-12-5-3-6-13-21)22-14-7-4-8-15-22/h3-15,18,23-25,27,32H,16-17H2,1-2H3,(H,29,33)/t23-,25?,27?/m1/s1. The van der Waals surface area contributed by atoms with Crippen LogP contribution in [0.1, 0.15) is 34.7 Å². The summed E-state index contributed by atoms with van der Waals surface area (Å²) in [6, 6.07) is 25.6. The number of ether oxygens (including phenoxy) is 1. The van der Waals surface area contributed by atoms with E-state index in [1.165, 1.54) is 7.11 Å². The molecule has 1 aliphatic rings. The SMILES string of the molecule is COC(O)C1[C@@H](CCc2cccc(C)c2)C(=O)N1C(=O)NC(c1ccccc1)c1ccccc1. The molecule has 0 radical (unpaired) electrons. The molecular formula is C28H30N2O4. The number of likely N-dealkylation sites (tertiary alicyclic amines) is 1. The van der Waals surface area contributed by atoms with Gasteiger partial charge in [-0.1, -0.05) is 90.5 Å². The van der Waals surface area contributed by atoms with Crippen LogP contribution in [0.5, 0.6) is 0 Å². The van der Waals surface area contributed by atoms with Crippen LogP contribution in [0.4, 0.5) is 4.79 Å². The number of imide groups is 1. The molecule has 2 N–H and O–H groups in total. The van der Waals surface area contributed by atoms with Crippen molar-refractivity contribution in [1.82, 2.24) is 10.2 Å². The molecule has 0 bridgehead atoms. The number of aliphatic hydroxyl groups excluding tert-OH is 1. The maximum absolute atomic E-state index is 13.3. The van der Waals surface area contributed by atoms with Crippen LogP contribution >= 0.6 is 0 Å². The third kappa shape index (κ3) is 5.03. The third-order valence-corrected chi connectivity index (χ3v) is 6.38. The maximum atomic E-state index is 13.3. The number of urea groups is 1. The van der Waals surface area contributed by atoms with E-state index in [2.05, 4.69) is 11.4 Å². The van der Waals surface area contributed by atoms with E-state index in [1.807, 2.05) is 85.8 Å². The van der Waals surface area contributed by atoms with Crippen molar-refractivity contribution in [3.8, 4) is 0 Å². The number of nitrogens with zero attached hydrogens (tertiary/aromatic N) is 1. The van der Waals surface area contributed by atoms with Gasteiger partial charge in [-0.25, -0.2) is 4.79 Å². The van der Waals surface area contributed by atoms with Crippen molar-refractivity contribution < 1.29 is 19.4 Å². The minimum absolute atomic E-state index is 0.300. The first-order chi connectivity index (χ1) is 16.5. The second-order valence-electron chi connectivity index (χ2n) is 8.66. The van der Waals surface area contributed by atoms with Gasteiger partial charge in [0.05, 0.1) is 12.0 Å². The van der Waals surface area contributed by atoms with E-state index in [0.29, 0.717) is 12.8 Å². The van der Waals surface area contributed by atoms with Crippen molar-refractivity contribution in [2.75, 3.05) is 7.11 Å². The van der Waals surface area contributed by atoms with Gasteiger partial charge in [0.1, 0.15) is 6.04 Å². The zero-order valence-corrected chi connectivity index (χ0v) is 19.4. The highest BCUT2D eigenvalue weighted by Gasteiger charge is 2.54. The lowest BCUT2D eigenvalue weighted by molar-refractivity contribution is -0.185. The summed E-state index contributed by atoms with van der Waals surface area (Å²) >= 11 is 0. The first kappa shape index (κ1) is 23.7. The summed E-state index contributed by atoms with van der Waals surface area (Å²) in [7, 11) is 1.37. The lowest BCUT2D eigenvalue weighted by atomic mass is 9.82. The first-order valence-electron chi connectivity index (χ1n) is 11.5. The minimum atomic E-state index is -1.25. The van der Waals surface area contributed by atoms with Crippen molar-refractivity contribution in [1.29, 1.82) is 0 Å². The van der Waals surface area contributed by atoms with Gasteiger partial charge in [-0.3, -0.25) is 9.69 Å². The van der Waals surface area contributed by atoms with Gasteiger partial charge in [0.2, 0.25) is 5.91 Å². The predicted molar refractivity (Wildman–Crippen MR) is 130 cm³/mol. The highest BCUT2D eigenvalue weighted by Crippen LogP contribution is 2.34. The smallest absolute Gasteiger partial charge is 0.325 e. The number of hydrogen-bond donors (Lipinski definition) is 2. The number of carbonyl (C=O) groups excluding carboxylic acids is 2. The van der Waals surface area contributed by atoms with Crippen LogP contribution in [0.2, 0.25) is 0 Å². The van der Waals surface area contributed by atoms with E-state index in [-0.39, 0.29) is 5.91 Å². The van der Waals surface area contributed by atoms with Crippen LogP contribution in [0.15, 0.2) is 84.9 Å². The van der Waals surface area contributed by atoms with Crippen LogP contribution in [-0.2, 0) is 16.0 Å². The molecule has 2 unspecified atom stereocenters. The summed E-state index contributed by atoms with van der Waals surface area (Å²) in [4.78, 5) is 27.5. The van der Waals surface area contributed by atoms with Gasteiger partial charge in [0.15, 0.2) is 6.29 Å². The lowest BCUT2D eigenvalue weighted by Crippen LogP contribution is -2.69. The fourth-order valence-corrected chi connectivity index (χ4v) is 4.60. The highest BCUT2D eigenvalue weighted by atomic mass is 16.6. The molecule has 0 aromatic heterocycles. The van der Waals surface area contributed by atoms with Gasteiger partial charge in [-0.15, -0.1) is 0 Å². The zero-order chi connectivity index (χ0) is 24.1. The van der Waals surface area contributed by atoms with Gasteiger partial charge in [-0.2, -0.15) is 0 Å². The minimum Gasteiger partial charge on any atom is -0.366 e. The molecule has 176 valence electrons. The molecule has 0 spiro atoms. The molecule has 1 fully saturated rings. The summed E-state index contributed by atoms with van der Waals surface area (Å²) in [5.41, 5.74) is 4.07. The molecule has 6 heteroatoms. The Hall–Kier alpha value is -3.48. The number of carbonyl (C=O) groups is 2. The van der Waals surface area contributed by atoms with Crippen LogP contribution in [0.3, 0.4) is 0 Å². The van der Waals surface area contributed by atoms with Gasteiger partial charge < -0.3 is 15.2 Å². The van der Waals surface area contributed by atoms with Crippen LogP contribution in [0, 0.1) is 12.8 Å². The average molecular weight is 459 g/mol. The Kier molecular flexibility index (Phi) is 7.40. The molecule has 3 amide bonds. The Labute approximate surface area is 200 Å². The molecule has 0 saturated carbocycles. The van der Waals surface area contributed by atoms with E-state index in [0.717, 1.165) is 27.2 Å². The number of hydrogen-bond acceptors (Lipinski definition) is 4. The Morgan fingerprint density at radius 1 is 1.00 bits per heavy atom. The summed E-state index contributed by atoms with van der Waals surface area (Å²) in [5.74, 6) is -0.792. The fraction of sp³-hybridized carbons (Fsp3) is 0.286. The second kappa shape index (κ2) is 10.6. The van der Waals surface area contributed by atoms with Gasteiger partial charge in [-0.05, 0) is 36.5 Å². The molecule has 34 heavy (non-hydrogen) atoms. The van der Waals surface area contributed by atoms with Crippen LogP contribution in [-0.4, -0.2) is 41.4 Å². The monoisotopic (exact) mass is 458 g/mol. The average Bonchev–Trinajstić information content (AvgIpc) is 2.86. The largest absolute Gasteiger partial charge is 0.366 e. The second-order valence-corrected chi connectivity index (χ2v) is 8.66. The fourth-order valence-electron chi connectivity index (χ4n) is 4.60. The highest BCUT2D eigenvalue weighted by molar-refractivity contribution is 6.01. The number of β-lactam (4-membered cyclic amide) rings is 1. The molecule has 1 heterocycles.